The summed E-state index contributed by atoms with van der Waals surface area (Å²) in [6.07, 6.45) is 6.64. The molecule has 0 bridgehead atoms. The quantitative estimate of drug-likeness (QED) is 0.770. The standard InChI is InChI=1S/C12H15NO3/c14-11(8-4-2-1-3-5-8)10-6-9(7-13-10)12(15)16/h6-8,13H,1-5H2,(H,15,16). The van der Waals surface area contributed by atoms with Gasteiger partial charge in [-0.1, -0.05) is 19.3 Å². The van der Waals surface area contributed by atoms with E-state index in [9.17, 15) is 9.59 Å². The zero-order valence-electron chi connectivity index (χ0n) is 9.03. The Labute approximate surface area is 93.7 Å². The molecule has 1 aromatic heterocycles. The number of rotatable bonds is 3. The number of carbonyl (C=O) groups excluding carboxylic acids is 1. The summed E-state index contributed by atoms with van der Waals surface area (Å²) in [5, 5.41) is 8.76. The molecule has 0 aromatic carbocycles. The van der Waals surface area contributed by atoms with Crippen LogP contribution < -0.4 is 0 Å². The van der Waals surface area contributed by atoms with Gasteiger partial charge in [-0.2, -0.15) is 0 Å². The van der Waals surface area contributed by atoms with Crippen molar-refractivity contribution in [2.45, 2.75) is 32.1 Å². The lowest BCUT2D eigenvalue weighted by molar-refractivity contribution is 0.0697. The van der Waals surface area contributed by atoms with Crippen molar-refractivity contribution in [3.63, 3.8) is 0 Å². The molecule has 4 nitrogen and oxygen atoms in total. The summed E-state index contributed by atoms with van der Waals surface area (Å²) in [5.74, 6) is -0.861. The van der Waals surface area contributed by atoms with Gasteiger partial charge >= 0.3 is 5.97 Å². The third kappa shape index (κ3) is 2.15. The van der Waals surface area contributed by atoms with Crippen LogP contribution in [-0.2, 0) is 0 Å². The minimum Gasteiger partial charge on any atom is -0.478 e. The minimum absolute atomic E-state index is 0.0622. The van der Waals surface area contributed by atoms with Crippen LogP contribution in [0.5, 0.6) is 0 Å². The van der Waals surface area contributed by atoms with Crippen LogP contribution in [0.4, 0.5) is 0 Å². The average molecular weight is 221 g/mol. The van der Waals surface area contributed by atoms with Crippen LogP contribution in [-0.4, -0.2) is 21.8 Å². The summed E-state index contributed by atoms with van der Waals surface area (Å²) < 4.78 is 0. The number of Topliss-reactive ketones (excluding diaryl/α,β-unsaturated/α-hetero) is 1. The van der Waals surface area contributed by atoms with Crippen molar-refractivity contribution in [2.24, 2.45) is 5.92 Å². The molecule has 0 unspecified atom stereocenters. The molecule has 2 N–H and O–H groups in total. The number of H-pyrrole nitrogens is 1. The van der Waals surface area contributed by atoms with Crippen LogP contribution >= 0.6 is 0 Å². The molecule has 1 heterocycles. The number of nitrogens with one attached hydrogen (secondary N) is 1. The van der Waals surface area contributed by atoms with Crippen molar-refractivity contribution >= 4 is 11.8 Å². The largest absolute Gasteiger partial charge is 0.478 e. The van der Waals surface area contributed by atoms with Crippen LogP contribution in [0.15, 0.2) is 12.3 Å². The summed E-state index contributed by atoms with van der Waals surface area (Å²) in [7, 11) is 0. The van der Waals surface area contributed by atoms with Gasteiger partial charge in [0.15, 0.2) is 5.78 Å². The number of ketones is 1. The number of aromatic amines is 1. The van der Waals surface area contributed by atoms with Crippen molar-refractivity contribution in [1.82, 2.24) is 4.98 Å². The number of aromatic carboxylic acids is 1. The fourth-order valence-corrected chi connectivity index (χ4v) is 2.24. The fraction of sp³-hybridized carbons (Fsp3) is 0.500. The molecule has 0 aliphatic heterocycles. The van der Waals surface area contributed by atoms with Gasteiger partial charge in [0.05, 0.1) is 11.3 Å². The summed E-state index contributed by atoms with van der Waals surface area (Å²) in [6, 6.07) is 1.43. The van der Waals surface area contributed by atoms with Crippen LogP contribution in [0.2, 0.25) is 0 Å². The maximum atomic E-state index is 12.0. The topological polar surface area (TPSA) is 70.2 Å². The lowest BCUT2D eigenvalue weighted by atomic mass is 9.85. The van der Waals surface area contributed by atoms with Crippen LogP contribution in [0, 0.1) is 5.92 Å². The van der Waals surface area contributed by atoms with Gasteiger partial charge in [0.1, 0.15) is 0 Å². The molecule has 0 amide bonds. The monoisotopic (exact) mass is 221 g/mol. The van der Waals surface area contributed by atoms with Gasteiger partial charge in [-0.05, 0) is 18.9 Å². The Morgan fingerprint density at radius 1 is 1.25 bits per heavy atom. The lowest BCUT2D eigenvalue weighted by Crippen LogP contribution is -2.18. The van der Waals surface area contributed by atoms with E-state index in [2.05, 4.69) is 4.98 Å². The Morgan fingerprint density at radius 2 is 1.94 bits per heavy atom. The molecule has 0 atom stereocenters. The molecule has 0 radical (unpaired) electrons. The second kappa shape index (κ2) is 4.51. The molecule has 1 fully saturated rings. The zero-order chi connectivity index (χ0) is 11.5. The van der Waals surface area contributed by atoms with Crippen LogP contribution in [0.3, 0.4) is 0 Å². The van der Waals surface area contributed by atoms with E-state index in [0.717, 1.165) is 25.7 Å². The zero-order valence-corrected chi connectivity index (χ0v) is 9.03. The van der Waals surface area contributed by atoms with E-state index in [1.165, 1.54) is 18.7 Å². The Kier molecular flexibility index (Phi) is 3.08. The molecule has 1 aliphatic rings. The van der Waals surface area contributed by atoms with E-state index in [1.54, 1.807) is 0 Å². The molecule has 86 valence electrons. The molecule has 16 heavy (non-hydrogen) atoms. The highest BCUT2D eigenvalue weighted by Crippen LogP contribution is 2.26. The molecule has 2 rings (SSSR count). The molecule has 0 saturated heterocycles. The number of carbonyl (C=O) groups is 2. The summed E-state index contributed by atoms with van der Waals surface area (Å²) >= 11 is 0. The number of aromatic nitrogens is 1. The van der Waals surface area contributed by atoms with Gasteiger partial charge in [-0.3, -0.25) is 4.79 Å². The Morgan fingerprint density at radius 3 is 2.50 bits per heavy atom. The van der Waals surface area contributed by atoms with E-state index in [4.69, 9.17) is 5.11 Å². The first-order chi connectivity index (χ1) is 7.68. The van der Waals surface area contributed by atoms with Gasteiger partial charge in [-0.15, -0.1) is 0 Å². The van der Waals surface area contributed by atoms with Crippen molar-refractivity contribution in [3.8, 4) is 0 Å². The second-order valence-electron chi connectivity index (χ2n) is 4.31. The Bertz CT molecular complexity index is 402. The van der Waals surface area contributed by atoms with Gasteiger partial charge in [0.25, 0.3) is 0 Å². The van der Waals surface area contributed by atoms with Gasteiger partial charge in [-0.25, -0.2) is 4.79 Å². The highest BCUT2D eigenvalue weighted by atomic mass is 16.4. The minimum atomic E-state index is -1.00. The third-order valence-electron chi connectivity index (χ3n) is 3.17. The van der Waals surface area contributed by atoms with Gasteiger partial charge in [0, 0.05) is 12.1 Å². The Hall–Kier alpha value is -1.58. The first-order valence-corrected chi connectivity index (χ1v) is 5.64. The van der Waals surface area contributed by atoms with E-state index >= 15 is 0 Å². The molecule has 0 spiro atoms. The fourth-order valence-electron chi connectivity index (χ4n) is 2.24. The van der Waals surface area contributed by atoms with Crippen molar-refractivity contribution in [2.75, 3.05) is 0 Å². The molecule has 1 aliphatic carbocycles. The Balaban J connectivity index is 2.10. The van der Waals surface area contributed by atoms with Crippen LogP contribution in [0.1, 0.15) is 53.0 Å². The van der Waals surface area contributed by atoms with Crippen molar-refractivity contribution in [3.05, 3.63) is 23.5 Å². The summed E-state index contributed by atoms with van der Waals surface area (Å²) in [5.41, 5.74) is 0.587. The van der Waals surface area contributed by atoms with Crippen LogP contribution in [0.25, 0.3) is 0 Å². The highest BCUT2D eigenvalue weighted by Gasteiger charge is 2.23. The number of carboxylic acids is 1. The molecule has 1 saturated carbocycles. The normalized spacial score (nSPS) is 17.2. The molecular formula is C12H15NO3. The predicted molar refractivity (Wildman–Crippen MR) is 58.7 cm³/mol. The van der Waals surface area contributed by atoms with Crippen molar-refractivity contribution in [1.29, 1.82) is 0 Å². The third-order valence-corrected chi connectivity index (χ3v) is 3.17. The molecular weight excluding hydrogens is 206 g/mol. The van der Waals surface area contributed by atoms with E-state index in [-0.39, 0.29) is 17.3 Å². The molecule has 4 heteroatoms. The number of hydrogen-bond donors (Lipinski definition) is 2. The van der Waals surface area contributed by atoms with Gasteiger partial charge < -0.3 is 10.1 Å². The molecule has 1 aromatic rings. The highest BCUT2D eigenvalue weighted by molar-refractivity contribution is 5.99. The predicted octanol–water partition coefficient (Wildman–Crippen LogP) is 2.48. The second-order valence-corrected chi connectivity index (χ2v) is 4.31. The maximum Gasteiger partial charge on any atom is 0.337 e. The maximum absolute atomic E-state index is 12.0. The summed E-state index contributed by atoms with van der Waals surface area (Å²) in [6.45, 7) is 0. The first kappa shape index (κ1) is 10.9. The summed E-state index contributed by atoms with van der Waals surface area (Å²) in [4.78, 5) is 25.4. The van der Waals surface area contributed by atoms with E-state index in [0.29, 0.717) is 5.69 Å². The number of carboxylic acid groups (broad SMARTS) is 1. The SMILES string of the molecule is O=C(O)c1c[nH]c(C(=O)C2CCCCC2)c1. The lowest BCUT2D eigenvalue weighted by Gasteiger charge is -2.19. The van der Waals surface area contributed by atoms with Gasteiger partial charge in [0.2, 0.25) is 0 Å². The smallest absolute Gasteiger partial charge is 0.337 e. The van der Waals surface area contributed by atoms with E-state index < -0.39 is 5.97 Å². The number of hydrogen-bond acceptors (Lipinski definition) is 2. The first-order valence-electron chi connectivity index (χ1n) is 5.64. The average Bonchev–Trinajstić information content (AvgIpc) is 2.78. The van der Waals surface area contributed by atoms with Crippen molar-refractivity contribution < 1.29 is 14.7 Å². The van der Waals surface area contributed by atoms with E-state index in [1.807, 2.05) is 0 Å².